The Kier molecular flexibility index (Phi) is 5.39. The minimum Gasteiger partial charge on any atom is -0.481 e. The topological polar surface area (TPSA) is 86.5 Å². The van der Waals surface area contributed by atoms with Gasteiger partial charge in [0.15, 0.2) is 23.8 Å². The molecule has 1 spiro atoms. The number of piperidine rings is 1. The van der Waals surface area contributed by atoms with Gasteiger partial charge in [0.25, 0.3) is 5.91 Å². The smallest absolute Gasteiger partial charge is 0.308 e. The van der Waals surface area contributed by atoms with Crippen LogP contribution in [0.15, 0.2) is 18.3 Å². The van der Waals surface area contributed by atoms with Crippen LogP contribution in [0.25, 0.3) is 11.3 Å². The van der Waals surface area contributed by atoms with Crippen LogP contribution in [0.1, 0.15) is 36.2 Å². The first kappa shape index (κ1) is 20.6. The van der Waals surface area contributed by atoms with Gasteiger partial charge in [-0.3, -0.25) is 9.59 Å². The average Bonchev–Trinajstić information content (AvgIpc) is 3.38. The fourth-order valence-corrected chi connectivity index (χ4v) is 4.41. The van der Waals surface area contributed by atoms with Gasteiger partial charge in [-0.1, -0.05) is 0 Å². The van der Waals surface area contributed by atoms with Gasteiger partial charge >= 0.3 is 5.97 Å². The van der Waals surface area contributed by atoms with Crippen LogP contribution in [0, 0.1) is 11.7 Å². The fourth-order valence-electron chi connectivity index (χ4n) is 4.07. The lowest BCUT2D eigenvalue weighted by molar-refractivity contribution is -0.147. The third-order valence-corrected chi connectivity index (χ3v) is 6.19. The largest absolute Gasteiger partial charge is 0.481 e. The second-order valence-corrected chi connectivity index (χ2v) is 7.94. The van der Waals surface area contributed by atoms with Crippen molar-refractivity contribution in [1.29, 1.82) is 0 Å². The zero-order valence-corrected chi connectivity index (χ0v) is 17.2. The van der Waals surface area contributed by atoms with Crippen LogP contribution in [0.2, 0.25) is 0 Å². The van der Waals surface area contributed by atoms with Gasteiger partial charge < -0.3 is 14.4 Å². The Balaban J connectivity index is 1.63. The van der Waals surface area contributed by atoms with Crippen molar-refractivity contribution in [3.05, 3.63) is 29.8 Å². The molecule has 4 rings (SSSR count). The molecular weight excluding hydrogens is 418 g/mol. The fraction of sp³-hybridized carbons (Fsp3) is 0.474. The molecule has 2 aliphatic rings. The van der Waals surface area contributed by atoms with Gasteiger partial charge in [0.1, 0.15) is 0 Å². The third kappa shape index (κ3) is 3.51. The molecule has 1 saturated heterocycles. The highest BCUT2D eigenvalue weighted by Crippen LogP contribution is 2.50. The van der Waals surface area contributed by atoms with E-state index in [1.54, 1.807) is 4.90 Å². The van der Waals surface area contributed by atoms with Crippen molar-refractivity contribution in [3.8, 4) is 17.1 Å². The normalized spacial score (nSPS) is 19.6. The molecule has 1 aliphatic carbocycles. The Morgan fingerprint density at radius 3 is 2.70 bits per heavy atom. The number of carbonyl (C=O) groups excluding carboxylic acids is 2. The second-order valence-electron chi connectivity index (χ2n) is 7.46. The van der Waals surface area contributed by atoms with Gasteiger partial charge in [0.2, 0.25) is 5.88 Å². The van der Waals surface area contributed by atoms with Gasteiger partial charge in [-0.25, -0.2) is 9.37 Å². The number of aromatic nitrogens is 3. The standard InChI is InChI=1S/C19H20F2N4O4S/c1-28-16-7-12(13(20)10-22-16)15-8-14(23-25(15)30-21)17(26)24-6-3-11(18(27)29-2)9-19(24)4-5-19/h7-8,10-11H,3-6,9H2,1-2H3. The predicted octanol–water partition coefficient (Wildman–Crippen LogP) is 3.03. The van der Waals surface area contributed by atoms with Crippen LogP contribution < -0.4 is 4.74 Å². The molecule has 8 nitrogen and oxygen atoms in total. The Morgan fingerprint density at radius 1 is 1.30 bits per heavy atom. The van der Waals surface area contributed by atoms with E-state index in [1.165, 1.54) is 26.4 Å². The Labute approximate surface area is 176 Å². The van der Waals surface area contributed by atoms with Crippen molar-refractivity contribution >= 4 is 24.2 Å². The summed E-state index contributed by atoms with van der Waals surface area (Å²) in [5.74, 6) is -1.42. The summed E-state index contributed by atoms with van der Waals surface area (Å²) in [5, 5.41) is 4.03. The number of carbonyl (C=O) groups is 2. The minimum absolute atomic E-state index is 0.00752. The van der Waals surface area contributed by atoms with E-state index in [2.05, 4.69) is 10.1 Å². The lowest BCUT2D eigenvalue weighted by Gasteiger charge is -2.38. The maximum atomic E-state index is 14.3. The molecule has 1 saturated carbocycles. The summed E-state index contributed by atoms with van der Waals surface area (Å²) in [6, 6.07) is 2.67. The average molecular weight is 438 g/mol. The summed E-state index contributed by atoms with van der Waals surface area (Å²) in [4.78, 5) is 30.6. The number of rotatable bonds is 5. The van der Waals surface area contributed by atoms with Crippen molar-refractivity contribution in [3.63, 3.8) is 0 Å². The van der Waals surface area contributed by atoms with Crippen molar-refractivity contribution in [2.75, 3.05) is 20.8 Å². The molecule has 2 aromatic rings. The van der Waals surface area contributed by atoms with Crippen LogP contribution in [-0.2, 0) is 9.53 Å². The number of methoxy groups -OCH3 is 2. The van der Waals surface area contributed by atoms with Crippen LogP contribution >= 0.6 is 12.3 Å². The second kappa shape index (κ2) is 7.86. The quantitative estimate of drug-likeness (QED) is 0.663. The van der Waals surface area contributed by atoms with Gasteiger partial charge in [0, 0.05) is 23.7 Å². The van der Waals surface area contributed by atoms with E-state index >= 15 is 0 Å². The number of hydrogen-bond donors (Lipinski definition) is 0. The molecule has 1 amide bonds. The number of esters is 1. The Hall–Kier alpha value is -2.69. The van der Waals surface area contributed by atoms with Gasteiger partial charge in [0.05, 0.1) is 32.0 Å². The lowest BCUT2D eigenvalue weighted by atomic mass is 9.88. The summed E-state index contributed by atoms with van der Waals surface area (Å²) in [6.45, 7) is 0.376. The first-order chi connectivity index (χ1) is 14.4. The van der Waals surface area contributed by atoms with E-state index in [1.807, 2.05) is 0 Å². The zero-order valence-electron chi connectivity index (χ0n) is 16.4. The summed E-state index contributed by atoms with van der Waals surface area (Å²) < 4.78 is 38.6. The molecule has 3 heterocycles. The molecule has 2 fully saturated rings. The van der Waals surface area contributed by atoms with E-state index in [0.29, 0.717) is 19.4 Å². The van der Waals surface area contributed by atoms with Crippen LogP contribution in [0.3, 0.4) is 0 Å². The summed E-state index contributed by atoms with van der Waals surface area (Å²) in [5.41, 5.74) is -0.290. The SMILES string of the molecule is COC(=O)C1CCN(C(=O)c2cc(-c3cc(OC)ncc3F)n(SF)n2)C2(CC2)C1. The molecule has 0 bridgehead atoms. The lowest BCUT2D eigenvalue weighted by Crippen LogP contribution is -2.49. The Morgan fingerprint density at radius 2 is 2.07 bits per heavy atom. The highest BCUT2D eigenvalue weighted by Gasteiger charge is 2.55. The van der Waals surface area contributed by atoms with Crippen LogP contribution in [-0.4, -0.2) is 57.2 Å². The first-order valence-corrected chi connectivity index (χ1v) is 10.1. The van der Waals surface area contributed by atoms with E-state index in [4.69, 9.17) is 9.47 Å². The molecule has 1 aliphatic heterocycles. The molecule has 0 N–H and O–H groups in total. The van der Waals surface area contributed by atoms with Crippen molar-refractivity contribution < 1.29 is 27.3 Å². The van der Waals surface area contributed by atoms with Gasteiger partial charge in [-0.2, -0.15) is 9.19 Å². The Bertz CT molecular complexity index is 995. The number of likely N-dealkylation sites (tertiary alicyclic amines) is 1. The monoisotopic (exact) mass is 438 g/mol. The number of halogens is 2. The summed E-state index contributed by atoms with van der Waals surface area (Å²) in [7, 11) is 2.74. The first-order valence-electron chi connectivity index (χ1n) is 9.41. The van der Waals surface area contributed by atoms with E-state index in [0.717, 1.165) is 23.1 Å². The van der Waals surface area contributed by atoms with Gasteiger partial charge in [-0.05, 0) is 31.7 Å². The molecule has 0 aromatic carbocycles. The number of hydrogen-bond acceptors (Lipinski definition) is 7. The van der Waals surface area contributed by atoms with E-state index in [-0.39, 0.29) is 53.0 Å². The highest BCUT2D eigenvalue weighted by molar-refractivity contribution is 7.92. The van der Waals surface area contributed by atoms with Crippen molar-refractivity contribution in [2.45, 2.75) is 31.2 Å². The summed E-state index contributed by atoms with van der Waals surface area (Å²) >= 11 is -0.234. The number of ether oxygens (including phenoxy) is 2. The van der Waals surface area contributed by atoms with E-state index in [9.17, 15) is 17.9 Å². The maximum absolute atomic E-state index is 14.3. The van der Waals surface area contributed by atoms with Crippen LogP contribution in [0.4, 0.5) is 8.28 Å². The van der Waals surface area contributed by atoms with Crippen LogP contribution in [0.5, 0.6) is 5.88 Å². The molecule has 11 heteroatoms. The number of nitrogens with zero attached hydrogens (tertiary/aromatic N) is 4. The third-order valence-electron chi connectivity index (χ3n) is 5.78. The molecule has 30 heavy (non-hydrogen) atoms. The zero-order chi connectivity index (χ0) is 21.5. The van der Waals surface area contributed by atoms with Crippen molar-refractivity contribution in [1.82, 2.24) is 19.1 Å². The molecule has 1 unspecified atom stereocenters. The van der Waals surface area contributed by atoms with Gasteiger partial charge in [-0.15, -0.1) is 3.89 Å². The highest BCUT2D eigenvalue weighted by atomic mass is 32.2. The molecular formula is C19H20F2N4O4S. The predicted molar refractivity (Wildman–Crippen MR) is 104 cm³/mol. The van der Waals surface area contributed by atoms with E-state index < -0.39 is 11.4 Å². The number of amides is 1. The minimum atomic E-state index is -0.692. The maximum Gasteiger partial charge on any atom is 0.308 e. The number of pyridine rings is 1. The molecule has 1 atom stereocenters. The summed E-state index contributed by atoms with van der Waals surface area (Å²) in [6.07, 6.45) is 3.56. The molecule has 2 aromatic heterocycles. The molecule has 0 radical (unpaired) electrons. The van der Waals surface area contributed by atoms with Crippen molar-refractivity contribution in [2.24, 2.45) is 5.92 Å². The molecule has 160 valence electrons.